The van der Waals surface area contributed by atoms with E-state index < -0.39 is 0 Å². The maximum Gasteiger partial charge on any atom is 0.0585 e. The van der Waals surface area contributed by atoms with E-state index in [1.807, 2.05) is 0 Å². The van der Waals surface area contributed by atoms with Gasteiger partial charge in [-0.3, -0.25) is 0 Å². The van der Waals surface area contributed by atoms with Crippen LogP contribution in [0.2, 0.25) is 0 Å². The molecule has 1 atom stereocenters. The SMILES string of the molecule is CC(C)=CCCC(C)=C/C=C/C(C)=C/C=C/C(C)=C/C=C/C=C(C)/C=C/C=C(C)/C=C/C1=C(C)CC(O)CC1(C)C. The molecule has 0 aromatic heterocycles. The summed E-state index contributed by atoms with van der Waals surface area (Å²) < 4.78 is 0. The van der Waals surface area contributed by atoms with Crippen molar-refractivity contribution in [1.29, 1.82) is 0 Å². The normalized spacial score (nSPS) is 20.2. The highest BCUT2D eigenvalue weighted by atomic mass is 16.3. The van der Waals surface area contributed by atoms with Gasteiger partial charge in [0.2, 0.25) is 0 Å². The largest absolute Gasteiger partial charge is 0.393 e. The lowest BCUT2D eigenvalue weighted by Crippen LogP contribution is -2.28. The topological polar surface area (TPSA) is 20.2 Å². The van der Waals surface area contributed by atoms with Gasteiger partial charge in [-0.2, -0.15) is 0 Å². The average Bonchev–Trinajstić information content (AvgIpc) is 2.85. The molecular weight excluding hydrogens is 496 g/mol. The molecule has 0 spiro atoms. The Morgan fingerprint density at radius 1 is 0.707 bits per heavy atom. The zero-order valence-corrected chi connectivity index (χ0v) is 27.6. The molecule has 1 heteroatoms. The first-order chi connectivity index (χ1) is 19.3. The van der Waals surface area contributed by atoms with Crippen LogP contribution in [0.5, 0.6) is 0 Å². The monoisotopic (exact) mass is 552 g/mol. The first-order valence-electron chi connectivity index (χ1n) is 15.1. The van der Waals surface area contributed by atoms with Gasteiger partial charge in [0.05, 0.1) is 6.10 Å². The number of hydrogen-bond donors (Lipinski definition) is 1. The molecule has 1 aliphatic carbocycles. The van der Waals surface area contributed by atoms with Crippen molar-refractivity contribution in [2.24, 2.45) is 5.41 Å². The quantitative estimate of drug-likeness (QED) is 0.178. The summed E-state index contributed by atoms with van der Waals surface area (Å²) in [5, 5.41) is 10.1. The predicted octanol–water partition coefficient (Wildman–Crippen LogP) is 11.7. The number of rotatable bonds is 13. The molecule has 1 N–H and O–H groups in total. The third kappa shape index (κ3) is 16.6. The second-order valence-corrected chi connectivity index (χ2v) is 12.4. The summed E-state index contributed by atoms with van der Waals surface area (Å²) in [7, 11) is 0. The van der Waals surface area contributed by atoms with Crippen LogP contribution in [0, 0.1) is 5.41 Å². The van der Waals surface area contributed by atoms with Crippen LogP contribution in [0.3, 0.4) is 0 Å². The van der Waals surface area contributed by atoms with E-state index in [-0.39, 0.29) is 11.5 Å². The minimum absolute atomic E-state index is 0.0115. The summed E-state index contributed by atoms with van der Waals surface area (Å²) in [6.07, 6.45) is 38.0. The highest BCUT2D eigenvalue weighted by Gasteiger charge is 2.31. The van der Waals surface area contributed by atoms with Crippen LogP contribution in [-0.2, 0) is 0 Å². The Bertz CT molecular complexity index is 1220. The number of allylic oxidation sites excluding steroid dienone is 23. The molecule has 41 heavy (non-hydrogen) atoms. The second-order valence-electron chi connectivity index (χ2n) is 12.4. The van der Waals surface area contributed by atoms with Gasteiger partial charge in [0.1, 0.15) is 0 Å². The van der Waals surface area contributed by atoms with Crippen molar-refractivity contribution in [3.8, 4) is 0 Å². The Hall–Kier alpha value is -3.16. The van der Waals surface area contributed by atoms with E-state index in [1.165, 1.54) is 44.6 Å². The van der Waals surface area contributed by atoms with Crippen molar-refractivity contribution in [3.05, 3.63) is 142 Å². The van der Waals surface area contributed by atoms with E-state index >= 15 is 0 Å². The van der Waals surface area contributed by atoms with Crippen molar-refractivity contribution in [2.45, 2.75) is 101 Å². The van der Waals surface area contributed by atoms with Crippen molar-refractivity contribution < 1.29 is 5.11 Å². The molecular formula is C40H56O. The summed E-state index contributed by atoms with van der Waals surface area (Å²) in [5.74, 6) is 0. The fourth-order valence-corrected chi connectivity index (χ4v) is 4.77. The minimum Gasteiger partial charge on any atom is -0.393 e. The zero-order chi connectivity index (χ0) is 30.8. The van der Waals surface area contributed by atoms with Crippen LogP contribution in [0.4, 0.5) is 0 Å². The maximum absolute atomic E-state index is 10.1. The van der Waals surface area contributed by atoms with Gasteiger partial charge in [-0.25, -0.2) is 0 Å². The molecule has 0 aromatic carbocycles. The molecule has 0 amide bonds. The molecule has 222 valence electrons. The fourth-order valence-electron chi connectivity index (χ4n) is 4.77. The Labute approximate surface area is 252 Å². The third-order valence-electron chi connectivity index (χ3n) is 7.09. The van der Waals surface area contributed by atoms with Gasteiger partial charge in [-0.15, -0.1) is 0 Å². The van der Waals surface area contributed by atoms with Gasteiger partial charge in [-0.1, -0.05) is 150 Å². The highest BCUT2D eigenvalue weighted by Crippen LogP contribution is 2.41. The summed E-state index contributed by atoms with van der Waals surface area (Å²) in [6, 6.07) is 0. The number of aliphatic hydroxyl groups is 1. The van der Waals surface area contributed by atoms with Gasteiger partial charge in [0.25, 0.3) is 0 Å². The van der Waals surface area contributed by atoms with E-state index in [1.54, 1.807) is 0 Å². The number of aliphatic hydroxyl groups excluding tert-OH is 1. The molecule has 0 radical (unpaired) electrons. The van der Waals surface area contributed by atoms with Crippen molar-refractivity contribution in [1.82, 2.24) is 0 Å². The molecule has 0 aliphatic heterocycles. The second kappa shape index (κ2) is 19.1. The van der Waals surface area contributed by atoms with Crippen molar-refractivity contribution in [3.63, 3.8) is 0 Å². The molecule has 0 saturated heterocycles. The Morgan fingerprint density at radius 3 is 1.66 bits per heavy atom. The molecule has 0 saturated carbocycles. The van der Waals surface area contributed by atoms with Crippen LogP contribution in [0.25, 0.3) is 0 Å². The van der Waals surface area contributed by atoms with E-state index in [0.29, 0.717) is 0 Å². The van der Waals surface area contributed by atoms with Crippen LogP contribution in [0.1, 0.15) is 94.9 Å². The van der Waals surface area contributed by atoms with Crippen LogP contribution in [-0.4, -0.2) is 11.2 Å². The van der Waals surface area contributed by atoms with Gasteiger partial charge >= 0.3 is 0 Å². The van der Waals surface area contributed by atoms with Crippen molar-refractivity contribution >= 4 is 0 Å². The Morgan fingerprint density at radius 2 is 1.17 bits per heavy atom. The van der Waals surface area contributed by atoms with Crippen LogP contribution >= 0.6 is 0 Å². The molecule has 0 aromatic rings. The molecule has 1 aliphatic rings. The molecule has 0 bridgehead atoms. The maximum atomic E-state index is 10.1. The van der Waals surface area contributed by atoms with Gasteiger partial charge in [-0.05, 0) is 92.1 Å². The van der Waals surface area contributed by atoms with Gasteiger partial charge in [0.15, 0.2) is 0 Å². The van der Waals surface area contributed by atoms with E-state index in [4.69, 9.17) is 0 Å². The lowest BCUT2D eigenvalue weighted by molar-refractivity contribution is 0.116. The molecule has 1 nitrogen and oxygen atoms in total. The molecule has 1 rings (SSSR count). The molecule has 1 unspecified atom stereocenters. The standard InChI is InChI=1S/C40H56O/c1-31(2)17-13-20-34(5)23-15-25-35(6)24-14-21-32(3)18-11-12-19-33(4)22-16-26-36(7)27-28-39-37(8)29-38(41)30-40(39,9)10/h11-12,14-19,21-28,38,41H,13,20,29-30H2,1-10H3/b12-11+,21-14+,22-16+,25-15+,28-27+,32-18+,33-19+,34-23?,35-24+,36-26+. The summed E-state index contributed by atoms with van der Waals surface area (Å²) in [6.45, 7) is 21.6. The Kier molecular flexibility index (Phi) is 16.7. The molecule has 0 heterocycles. The highest BCUT2D eigenvalue weighted by molar-refractivity contribution is 5.38. The van der Waals surface area contributed by atoms with Gasteiger partial charge in [0, 0.05) is 0 Å². The van der Waals surface area contributed by atoms with Gasteiger partial charge < -0.3 is 5.11 Å². The van der Waals surface area contributed by atoms with Crippen LogP contribution < -0.4 is 0 Å². The fraction of sp³-hybridized carbons (Fsp3) is 0.400. The summed E-state index contributed by atoms with van der Waals surface area (Å²) >= 11 is 0. The predicted molar refractivity (Wildman–Crippen MR) is 185 cm³/mol. The van der Waals surface area contributed by atoms with E-state index in [2.05, 4.69) is 166 Å². The van der Waals surface area contributed by atoms with Crippen molar-refractivity contribution in [2.75, 3.05) is 0 Å². The lowest BCUT2D eigenvalue weighted by atomic mass is 9.71. The third-order valence-corrected chi connectivity index (χ3v) is 7.09. The van der Waals surface area contributed by atoms with E-state index in [9.17, 15) is 5.11 Å². The first-order valence-corrected chi connectivity index (χ1v) is 15.1. The molecule has 0 fully saturated rings. The lowest BCUT2D eigenvalue weighted by Gasteiger charge is -2.35. The summed E-state index contributed by atoms with van der Waals surface area (Å²) in [5.41, 5.74) is 10.3. The minimum atomic E-state index is -0.222. The smallest absolute Gasteiger partial charge is 0.0585 e. The van der Waals surface area contributed by atoms with Crippen LogP contribution in [0.15, 0.2) is 142 Å². The van der Waals surface area contributed by atoms with E-state index in [0.717, 1.165) is 25.7 Å². The summed E-state index contributed by atoms with van der Waals surface area (Å²) in [4.78, 5) is 0. The zero-order valence-electron chi connectivity index (χ0n) is 27.6. The first kappa shape index (κ1) is 35.9. The number of hydrogen-bond acceptors (Lipinski definition) is 1. The Balaban J connectivity index is 2.60. The average molecular weight is 553 g/mol.